The number of nitrogens with two attached hydrogens (primary N) is 1. The first-order valence-corrected chi connectivity index (χ1v) is 7.72. The average Bonchev–Trinajstić information content (AvgIpc) is 2.88. The summed E-state index contributed by atoms with van der Waals surface area (Å²) in [5.74, 6) is 2.51. The molecule has 0 aliphatic carbocycles. The Labute approximate surface area is 127 Å². The van der Waals surface area contributed by atoms with Gasteiger partial charge in [-0.15, -0.1) is 0 Å². The minimum Gasteiger partial charge on any atom is -0.492 e. The Kier molecular flexibility index (Phi) is 5.38. The number of rotatable bonds is 6. The molecule has 0 spiro atoms. The molecule has 1 saturated heterocycles. The zero-order valence-electron chi connectivity index (χ0n) is 12.3. The molecule has 1 fully saturated rings. The van der Waals surface area contributed by atoms with Gasteiger partial charge in [0.25, 0.3) is 0 Å². The van der Waals surface area contributed by atoms with E-state index < -0.39 is 0 Å². The van der Waals surface area contributed by atoms with E-state index in [-0.39, 0.29) is 0 Å². The van der Waals surface area contributed by atoms with Gasteiger partial charge in [0.1, 0.15) is 17.3 Å². The zero-order valence-corrected chi connectivity index (χ0v) is 13.2. The van der Waals surface area contributed by atoms with Gasteiger partial charge in [0.15, 0.2) is 0 Å². The van der Waals surface area contributed by atoms with Gasteiger partial charge in [-0.2, -0.15) is 0 Å². The average molecular weight is 292 g/mol. The lowest BCUT2D eigenvalue weighted by Gasteiger charge is -2.18. The maximum atomic E-state index is 5.77. The standard InChI is InChI=1S/C16H24N2OS/c1-12(2)14-7-8-18(11-14)9-10-19-15-5-3-13(4-6-15)16(17)20/h3-6,12,14H,7-11H2,1-2H3,(H2,17,20). The highest BCUT2D eigenvalue weighted by Crippen LogP contribution is 2.23. The molecule has 110 valence electrons. The highest BCUT2D eigenvalue weighted by atomic mass is 32.1. The molecule has 1 unspecified atom stereocenters. The first-order chi connectivity index (χ1) is 9.56. The van der Waals surface area contributed by atoms with Gasteiger partial charge in [-0.05, 0) is 49.1 Å². The third kappa shape index (κ3) is 4.18. The molecule has 1 atom stereocenters. The summed E-state index contributed by atoms with van der Waals surface area (Å²) < 4.78 is 5.77. The van der Waals surface area contributed by atoms with Crippen LogP contribution in [0.15, 0.2) is 24.3 Å². The van der Waals surface area contributed by atoms with Crippen LogP contribution in [0.5, 0.6) is 5.75 Å². The van der Waals surface area contributed by atoms with Crippen LogP contribution in [0.4, 0.5) is 0 Å². The minimum atomic E-state index is 0.424. The van der Waals surface area contributed by atoms with Crippen LogP contribution in [-0.2, 0) is 0 Å². The molecule has 0 bridgehead atoms. The van der Waals surface area contributed by atoms with Gasteiger partial charge in [0, 0.05) is 18.7 Å². The molecule has 1 aromatic carbocycles. The molecule has 20 heavy (non-hydrogen) atoms. The number of likely N-dealkylation sites (tertiary alicyclic amines) is 1. The third-order valence-electron chi connectivity index (χ3n) is 4.07. The van der Waals surface area contributed by atoms with Gasteiger partial charge in [0.2, 0.25) is 0 Å². The second-order valence-electron chi connectivity index (χ2n) is 5.83. The molecule has 3 nitrogen and oxygen atoms in total. The largest absolute Gasteiger partial charge is 0.492 e. The summed E-state index contributed by atoms with van der Waals surface area (Å²) in [6, 6.07) is 7.66. The van der Waals surface area contributed by atoms with Crippen molar-refractivity contribution in [3.8, 4) is 5.75 Å². The number of hydrogen-bond donors (Lipinski definition) is 1. The maximum absolute atomic E-state index is 5.77. The van der Waals surface area contributed by atoms with Crippen molar-refractivity contribution in [1.29, 1.82) is 0 Å². The van der Waals surface area contributed by atoms with Crippen LogP contribution in [0.2, 0.25) is 0 Å². The Morgan fingerprint density at radius 2 is 2.10 bits per heavy atom. The molecule has 1 heterocycles. The lowest BCUT2D eigenvalue weighted by Crippen LogP contribution is -2.27. The van der Waals surface area contributed by atoms with Gasteiger partial charge < -0.3 is 10.5 Å². The lowest BCUT2D eigenvalue weighted by molar-refractivity contribution is 0.227. The molecule has 1 aliphatic rings. The summed E-state index contributed by atoms with van der Waals surface area (Å²) in [6.07, 6.45) is 1.32. The third-order valence-corrected chi connectivity index (χ3v) is 4.30. The van der Waals surface area contributed by atoms with Crippen molar-refractivity contribution < 1.29 is 4.74 Å². The van der Waals surface area contributed by atoms with Crippen molar-refractivity contribution in [2.24, 2.45) is 17.6 Å². The van der Waals surface area contributed by atoms with Crippen molar-refractivity contribution in [3.63, 3.8) is 0 Å². The van der Waals surface area contributed by atoms with Gasteiger partial charge in [-0.25, -0.2) is 0 Å². The van der Waals surface area contributed by atoms with Gasteiger partial charge in [-0.1, -0.05) is 26.1 Å². The molecule has 2 N–H and O–H groups in total. The molecule has 0 radical (unpaired) electrons. The van der Waals surface area contributed by atoms with Crippen LogP contribution in [0.25, 0.3) is 0 Å². The van der Waals surface area contributed by atoms with E-state index in [0.29, 0.717) is 4.99 Å². The molecule has 0 amide bonds. The fourth-order valence-corrected chi connectivity index (χ4v) is 2.75. The van der Waals surface area contributed by atoms with E-state index in [2.05, 4.69) is 18.7 Å². The Bertz CT molecular complexity index is 444. The first kappa shape index (κ1) is 15.3. The molecule has 0 aromatic heterocycles. The van der Waals surface area contributed by atoms with Crippen molar-refractivity contribution in [3.05, 3.63) is 29.8 Å². The zero-order chi connectivity index (χ0) is 14.5. The highest BCUT2D eigenvalue weighted by Gasteiger charge is 2.24. The number of ether oxygens (including phenoxy) is 1. The summed E-state index contributed by atoms with van der Waals surface area (Å²) in [5.41, 5.74) is 6.45. The van der Waals surface area contributed by atoms with Crippen LogP contribution < -0.4 is 10.5 Å². The Morgan fingerprint density at radius 3 is 2.65 bits per heavy atom. The smallest absolute Gasteiger partial charge is 0.119 e. The van der Waals surface area contributed by atoms with Crippen molar-refractivity contribution in [2.75, 3.05) is 26.2 Å². The first-order valence-electron chi connectivity index (χ1n) is 7.31. The second kappa shape index (κ2) is 7.04. The fraction of sp³-hybridized carbons (Fsp3) is 0.562. The number of nitrogens with zero attached hydrogens (tertiary/aromatic N) is 1. The molecule has 0 saturated carbocycles. The predicted molar refractivity (Wildman–Crippen MR) is 87.2 cm³/mol. The maximum Gasteiger partial charge on any atom is 0.119 e. The Balaban J connectivity index is 1.72. The van der Waals surface area contributed by atoms with E-state index in [1.807, 2.05) is 24.3 Å². The molecular weight excluding hydrogens is 268 g/mol. The van der Waals surface area contributed by atoms with Crippen molar-refractivity contribution >= 4 is 17.2 Å². The van der Waals surface area contributed by atoms with Gasteiger partial charge in [0.05, 0.1) is 0 Å². The highest BCUT2D eigenvalue weighted by molar-refractivity contribution is 7.80. The number of hydrogen-bond acceptors (Lipinski definition) is 3. The van der Waals surface area contributed by atoms with Crippen LogP contribution >= 0.6 is 12.2 Å². The lowest BCUT2D eigenvalue weighted by atomic mass is 9.95. The molecule has 1 aromatic rings. The molecule has 1 aliphatic heterocycles. The van der Waals surface area contributed by atoms with Crippen LogP contribution in [0.3, 0.4) is 0 Å². The Morgan fingerprint density at radius 1 is 1.40 bits per heavy atom. The molecule has 4 heteroatoms. The summed E-state index contributed by atoms with van der Waals surface area (Å²) >= 11 is 4.93. The summed E-state index contributed by atoms with van der Waals surface area (Å²) in [4.78, 5) is 2.92. The normalized spacial score (nSPS) is 19.4. The Hall–Kier alpha value is -1.13. The number of benzene rings is 1. The summed E-state index contributed by atoms with van der Waals surface area (Å²) in [6.45, 7) is 8.77. The summed E-state index contributed by atoms with van der Waals surface area (Å²) in [5, 5.41) is 0. The van der Waals surface area contributed by atoms with Crippen molar-refractivity contribution in [1.82, 2.24) is 4.90 Å². The molecule has 2 rings (SSSR count). The van der Waals surface area contributed by atoms with Crippen LogP contribution in [-0.4, -0.2) is 36.1 Å². The van der Waals surface area contributed by atoms with Crippen molar-refractivity contribution in [2.45, 2.75) is 20.3 Å². The van der Waals surface area contributed by atoms with Crippen LogP contribution in [0.1, 0.15) is 25.8 Å². The van der Waals surface area contributed by atoms with E-state index >= 15 is 0 Å². The minimum absolute atomic E-state index is 0.424. The monoisotopic (exact) mass is 292 g/mol. The quantitative estimate of drug-likeness (QED) is 0.818. The topological polar surface area (TPSA) is 38.5 Å². The summed E-state index contributed by atoms with van der Waals surface area (Å²) in [7, 11) is 0. The SMILES string of the molecule is CC(C)C1CCN(CCOc2ccc(C(N)=S)cc2)C1. The number of thiocarbonyl (C=S) groups is 1. The van der Waals surface area contributed by atoms with Gasteiger partial charge in [-0.3, -0.25) is 4.90 Å². The molecular formula is C16H24N2OS. The van der Waals surface area contributed by atoms with E-state index in [1.54, 1.807) is 0 Å². The van der Waals surface area contributed by atoms with E-state index in [0.717, 1.165) is 36.3 Å². The van der Waals surface area contributed by atoms with Gasteiger partial charge >= 0.3 is 0 Å². The van der Waals surface area contributed by atoms with E-state index in [4.69, 9.17) is 22.7 Å². The van der Waals surface area contributed by atoms with Crippen LogP contribution in [0, 0.1) is 11.8 Å². The second-order valence-corrected chi connectivity index (χ2v) is 6.27. The van der Waals surface area contributed by atoms with E-state index in [1.165, 1.54) is 19.5 Å². The fourth-order valence-electron chi connectivity index (χ4n) is 2.62. The van der Waals surface area contributed by atoms with E-state index in [9.17, 15) is 0 Å². The predicted octanol–water partition coefficient (Wildman–Crippen LogP) is 2.68.